The standard InChI is InChI=1S/C24H30N2O5S/c1-15(2)9-10-29-12-18-11-24(20(27)30-18)14-23(4,31-21(24)28)19-13-32-22(26-19)25-17-7-5-16(3)6-8-17/h5-8,13,15,18H,9-12,14H2,1-4H3,(H,25,26)/t18-,23+,24-/m1/s1. The molecule has 0 unspecified atom stereocenters. The average Bonchev–Trinajstić information content (AvgIpc) is 3.39. The van der Waals surface area contributed by atoms with Crippen LogP contribution in [-0.2, 0) is 29.4 Å². The summed E-state index contributed by atoms with van der Waals surface area (Å²) in [5, 5.41) is 5.85. The Balaban J connectivity index is 1.42. The number of esters is 2. The van der Waals surface area contributed by atoms with Gasteiger partial charge in [0.05, 0.1) is 12.3 Å². The Hall–Kier alpha value is -2.45. The van der Waals surface area contributed by atoms with Crippen molar-refractivity contribution < 1.29 is 23.8 Å². The summed E-state index contributed by atoms with van der Waals surface area (Å²) in [6.45, 7) is 9.01. The van der Waals surface area contributed by atoms with Gasteiger partial charge in [-0.15, -0.1) is 11.3 Å². The normalized spacial score (nSPS) is 27.2. The number of cyclic esters (lactones) is 2. The molecular formula is C24H30N2O5S. The molecule has 0 bridgehead atoms. The van der Waals surface area contributed by atoms with Gasteiger partial charge < -0.3 is 19.5 Å². The first-order valence-corrected chi connectivity index (χ1v) is 11.9. The zero-order valence-corrected chi connectivity index (χ0v) is 19.8. The third-order valence-electron chi connectivity index (χ3n) is 6.08. The van der Waals surface area contributed by atoms with Crippen LogP contribution in [0.25, 0.3) is 0 Å². The Labute approximate surface area is 192 Å². The van der Waals surface area contributed by atoms with Crippen molar-refractivity contribution in [2.75, 3.05) is 18.5 Å². The minimum Gasteiger partial charge on any atom is -0.459 e. The van der Waals surface area contributed by atoms with E-state index in [9.17, 15) is 9.59 Å². The Kier molecular flexibility index (Phi) is 6.27. The van der Waals surface area contributed by atoms with Crippen LogP contribution in [0.3, 0.4) is 0 Å². The molecule has 0 amide bonds. The fourth-order valence-electron chi connectivity index (χ4n) is 4.18. The first kappa shape index (κ1) is 22.7. The number of aryl methyl sites for hydroxylation is 1. The lowest BCUT2D eigenvalue weighted by Crippen LogP contribution is -2.32. The van der Waals surface area contributed by atoms with Crippen LogP contribution >= 0.6 is 11.3 Å². The molecule has 1 aromatic carbocycles. The minimum atomic E-state index is -1.28. The molecule has 0 saturated carbocycles. The SMILES string of the molecule is Cc1ccc(Nc2nc([C@]3(C)C[C@@]4(C[C@H](COCCC(C)C)OC4=O)C(=O)O3)cs2)cc1. The van der Waals surface area contributed by atoms with Gasteiger partial charge in [0.15, 0.2) is 16.1 Å². The van der Waals surface area contributed by atoms with Crippen LogP contribution in [0.15, 0.2) is 29.6 Å². The summed E-state index contributed by atoms with van der Waals surface area (Å²) >= 11 is 1.43. The zero-order valence-electron chi connectivity index (χ0n) is 19.0. The molecule has 1 aromatic heterocycles. The highest BCUT2D eigenvalue weighted by atomic mass is 32.1. The fraction of sp³-hybridized carbons (Fsp3) is 0.542. The van der Waals surface area contributed by atoms with E-state index in [2.05, 4.69) is 24.1 Å². The van der Waals surface area contributed by atoms with Crippen LogP contribution in [0.4, 0.5) is 10.8 Å². The van der Waals surface area contributed by atoms with Gasteiger partial charge in [-0.3, -0.25) is 9.59 Å². The fourth-order valence-corrected chi connectivity index (χ4v) is 5.03. The Bertz CT molecular complexity index is 989. The molecule has 3 heterocycles. The molecule has 7 nitrogen and oxygen atoms in total. The van der Waals surface area contributed by atoms with E-state index in [4.69, 9.17) is 14.2 Å². The molecule has 1 N–H and O–H groups in total. The summed E-state index contributed by atoms with van der Waals surface area (Å²) in [7, 11) is 0. The number of hydrogen-bond donors (Lipinski definition) is 1. The minimum absolute atomic E-state index is 0.216. The Morgan fingerprint density at radius 2 is 2.00 bits per heavy atom. The van der Waals surface area contributed by atoms with Crippen molar-refractivity contribution in [1.29, 1.82) is 0 Å². The second-order valence-electron chi connectivity index (χ2n) is 9.40. The van der Waals surface area contributed by atoms with E-state index in [0.29, 0.717) is 30.0 Å². The van der Waals surface area contributed by atoms with E-state index in [1.54, 1.807) is 0 Å². The number of rotatable bonds is 8. The predicted octanol–water partition coefficient (Wildman–Crippen LogP) is 4.72. The Morgan fingerprint density at radius 1 is 1.25 bits per heavy atom. The van der Waals surface area contributed by atoms with Crippen molar-refractivity contribution in [3.05, 3.63) is 40.9 Å². The number of anilines is 2. The van der Waals surface area contributed by atoms with Crippen LogP contribution in [0, 0.1) is 18.3 Å². The van der Waals surface area contributed by atoms with Crippen LogP contribution < -0.4 is 5.32 Å². The van der Waals surface area contributed by atoms with E-state index >= 15 is 0 Å². The molecule has 2 aliphatic heterocycles. The maximum atomic E-state index is 12.9. The molecule has 0 aliphatic carbocycles. The number of carbonyl (C=O) groups excluding carboxylic acids is 2. The van der Waals surface area contributed by atoms with E-state index < -0.39 is 29.1 Å². The number of nitrogens with one attached hydrogen (secondary N) is 1. The highest BCUT2D eigenvalue weighted by molar-refractivity contribution is 7.13. The maximum Gasteiger partial charge on any atom is 0.324 e. The van der Waals surface area contributed by atoms with E-state index in [1.165, 1.54) is 16.9 Å². The molecule has 2 fully saturated rings. The van der Waals surface area contributed by atoms with Crippen molar-refractivity contribution >= 4 is 34.1 Å². The zero-order chi connectivity index (χ0) is 22.9. The lowest BCUT2D eigenvalue weighted by Gasteiger charge is -2.20. The van der Waals surface area contributed by atoms with Gasteiger partial charge in [-0.05, 0) is 38.3 Å². The van der Waals surface area contributed by atoms with Crippen molar-refractivity contribution in [3.63, 3.8) is 0 Å². The molecule has 2 aromatic rings. The number of carbonyl (C=O) groups is 2. The third kappa shape index (κ3) is 4.52. The second kappa shape index (κ2) is 8.83. The van der Waals surface area contributed by atoms with Crippen molar-refractivity contribution in [1.82, 2.24) is 4.98 Å². The number of thiazole rings is 1. The quantitative estimate of drug-likeness (QED) is 0.348. The highest BCUT2D eigenvalue weighted by Crippen LogP contribution is 2.52. The molecule has 3 atom stereocenters. The number of nitrogens with zero attached hydrogens (tertiary/aromatic N) is 1. The van der Waals surface area contributed by atoms with Gasteiger partial charge in [-0.25, -0.2) is 4.98 Å². The summed E-state index contributed by atoms with van der Waals surface area (Å²) in [4.78, 5) is 30.3. The van der Waals surface area contributed by atoms with E-state index in [0.717, 1.165) is 12.1 Å². The average molecular weight is 459 g/mol. The summed E-state index contributed by atoms with van der Waals surface area (Å²) in [5.74, 6) is -0.505. The topological polar surface area (TPSA) is 86.8 Å². The first-order chi connectivity index (χ1) is 15.2. The third-order valence-corrected chi connectivity index (χ3v) is 6.84. The highest BCUT2D eigenvalue weighted by Gasteiger charge is 2.65. The lowest BCUT2D eigenvalue weighted by molar-refractivity contribution is -0.160. The molecule has 0 radical (unpaired) electrons. The van der Waals surface area contributed by atoms with Crippen LogP contribution in [0.5, 0.6) is 0 Å². The molecule has 8 heteroatoms. The monoisotopic (exact) mass is 458 g/mol. The number of aromatic nitrogens is 1. The summed E-state index contributed by atoms with van der Waals surface area (Å²) in [6.07, 6.45) is 1.00. The number of ether oxygens (including phenoxy) is 3. The smallest absolute Gasteiger partial charge is 0.324 e. The molecule has 32 heavy (non-hydrogen) atoms. The van der Waals surface area contributed by atoms with E-state index in [-0.39, 0.29) is 12.8 Å². The molecule has 172 valence electrons. The molecule has 1 spiro atoms. The first-order valence-electron chi connectivity index (χ1n) is 11.0. The Morgan fingerprint density at radius 3 is 2.72 bits per heavy atom. The lowest BCUT2D eigenvalue weighted by atomic mass is 9.78. The number of hydrogen-bond acceptors (Lipinski definition) is 8. The van der Waals surface area contributed by atoms with Gasteiger partial charge in [0.1, 0.15) is 6.10 Å². The summed E-state index contributed by atoms with van der Waals surface area (Å²) in [5.41, 5.74) is 0.480. The summed E-state index contributed by atoms with van der Waals surface area (Å²) in [6, 6.07) is 8.02. The van der Waals surface area contributed by atoms with Gasteiger partial charge in [0.2, 0.25) is 0 Å². The predicted molar refractivity (Wildman–Crippen MR) is 122 cm³/mol. The van der Waals surface area contributed by atoms with Crippen molar-refractivity contribution in [2.24, 2.45) is 11.3 Å². The largest absolute Gasteiger partial charge is 0.459 e. The molecule has 2 aliphatic rings. The van der Waals surface area contributed by atoms with E-state index in [1.807, 2.05) is 43.5 Å². The van der Waals surface area contributed by atoms with Gasteiger partial charge in [-0.2, -0.15) is 0 Å². The summed E-state index contributed by atoms with van der Waals surface area (Å²) < 4.78 is 16.9. The van der Waals surface area contributed by atoms with Gasteiger partial charge in [0.25, 0.3) is 0 Å². The van der Waals surface area contributed by atoms with Crippen molar-refractivity contribution in [3.8, 4) is 0 Å². The molecular weight excluding hydrogens is 428 g/mol. The van der Waals surface area contributed by atoms with Crippen molar-refractivity contribution in [2.45, 2.75) is 58.7 Å². The van der Waals surface area contributed by atoms with Gasteiger partial charge in [0, 0.05) is 30.5 Å². The number of benzene rings is 1. The molecule has 4 rings (SSSR count). The molecule has 2 saturated heterocycles. The van der Waals surface area contributed by atoms with Crippen LogP contribution in [-0.4, -0.2) is 36.2 Å². The van der Waals surface area contributed by atoms with Gasteiger partial charge in [-0.1, -0.05) is 31.5 Å². The van der Waals surface area contributed by atoms with Crippen LogP contribution in [0.1, 0.15) is 51.3 Å². The maximum absolute atomic E-state index is 12.9. The van der Waals surface area contributed by atoms with Gasteiger partial charge >= 0.3 is 11.9 Å². The van der Waals surface area contributed by atoms with Crippen LogP contribution in [0.2, 0.25) is 0 Å². The second-order valence-corrected chi connectivity index (χ2v) is 10.3.